The van der Waals surface area contributed by atoms with Crippen LogP contribution in [0, 0.1) is 0 Å². The summed E-state index contributed by atoms with van der Waals surface area (Å²) in [5, 5.41) is 7.94. The number of alkyl halides is 2. The van der Waals surface area contributed by atoms with Gasteiger partial charge in [0.15, 0.2) is 0 Å². The largest absolute Gasteiger partial charge is 0.434 e. The number of carbonyl (C=O) groups is 1. The molecular formula is C20H22F2N2O5S. The molecule has 1 amide bonds. The minimum Gasteiger partial charge on any atom is -0.434 e. The third-order valence-corrected chi connectivity index (χ3v) is 5.69. The molecule has 2 aromatic rings. The van der Waals surface area contributed by atoms with Gasteiger partial charge in [0.05, 0.1) is 4.90 Å². The quantitative estimate of drug-likeness (QED) is 0.705. The molecule has 3 N–H and O–H groups in total. The topological polar surface area (TPSA) is 108 Å². The first-order chi connectivity index (χ1) is 14.2. The molecule has 1 aliphatic carbocycles. The summed E-state index contributed by atoms with van der Waals surface area (Å²) in [5.41, 5.74) is 0.388. The van der Waals surface area contributed by atoms with Crippen LogP contribution in [0.25, 0.3) is 11.1 Å². The second kappa shape index (κ2) is 9.40. The number of nitrogens with one attached hydrogen (secondary N) is 1. The van der Waals surface area contributed by atoms with Gasteiger partial charge in [-0.05, 0) is 48.7 Å². The molecule has 0 unspecified atom stereocenters. The molecule has 0 aliphatic heterocycles. The van der Waals surface area contributed by atoms with Crippen molar-refractivity contribution >= 4 is 16.1 Å². The van der Waals surface area contributed by atoms with Crippen LogP contribution in [0.2, 0.25) is 0 Å². The monoisotopic (exact) mass is 440 g/mol. The van der Waals surface area contributed by atoms with E-state index in [0.717, 1.165) is 32.1 Å². The minimum absolute atomic E-state index is 0.0404. The third kappa shape index (κ3) is 5.90. The average molecular weight is 440 g/mol. The highest BCUT2D eigenvalue weighted by Crippen LogP contribution is 2.35. The van der Waals surface area contributed by atoms with Gasteiger partial charge < -0.3 is 14.8 Å². The van der Waals surface area contributed by atoms with Gasteiger partial charge in [-0.2, -0.15) is 8.78 Å². The Morgan fingerprint density at radius 2 is 1.83 bits per heavy atom. The predicted octanol–water partition coefficient (Wildman–Crippen LogP) is 4.02. The maximum absolute atomic E-state index is 12.8. The van der Waals surface area contributed by atoms with E-state index in [0.29, 0.717) is 0 Å². The summed E-state index contributed by atoms with van der Waals surface area (Å²) in [6.07, 6.45) is 4.32. The molecule has 0 aromatic heterocycles. The normalized spacial score (nSPS) is 15.1. The molecule has 1 aliphatic rings. The SMILES string of the molecule is NS(=O)(=O)c1cccc(-c2cc(OC(=O)NC3CCCCC3)ccc2OC(F)F)c1. The number of halogens is 2. The number of rotatable bonds is 6. The first-order valence-electron chi connectivity index (χ1n) is 9.43. The van der Waals surface area contributed by atoms with Gasteiger partial charge >= 0.3 is 12.7 Å². The van der Waals surface area contributed by atoms with Gasteiger partial charge in [-0.3, -0.25) is 0 Å². The van der Waals surface area contributed by atoms with E-state index < -0.39 is 22.7 Å². The first kappa shape index (κ1) is 22.0. The molecule has 0 heterocycles. The van der Waals surface area contributed by atoms with Crippen molar-refractivity contribution in [2.45, 2.75) is 49.7 Å². The Labute approximate surface area is 173 Å². The number of primary sulfonamides is 1. The lowest BCUT2D eigenvalue weighted by molar-refractivity contribution is -0.0494. The zero-order chi connectivity index (χ0) is 21.7. The van der Waals surface area contributed by atoms with E-state index in [1.54, 1.807) is 0 Å². The van der Waals surface area contributed by atoms with Gasteiger partial charge in [-0.1, -0.05) is 31.4 Å². The number of nitrogens with two attached hydrogens (primary N) is 1. The maximum Gasteiger partial charge on any atom is 0.412 e. The van der Waals surface area contributed by atoms with Crippen LogP contribution >= 0.6 is 0 Å². The van der Waals surface area contributed by atoms with E-state index >= 15 is 0 Å². The molecule has 0 spiro atoms. The van der Waals surface area contributed by atoms with Crippen LogP contribution in [0.4, 0.5) is 13.6 Å². The van der Waals surface area contributed by atoms with Crippen LogP contribution in [0.15, 0.2) is 47.4 Å². The Hall–Kier alpha value is -2.72. The zero-order valence-electron chi connectivity index (χ0n) is 16.0. The summed E-state index contributed by atoms with van der Waals surface area (Å²) in [7, 11) is -4.00. The van der Waals surface area contributed by atoms with Crippen LogP contribution in [0.5, 0.6) is 11.5 Å². The lowest BCUT2D eigenvalue weighted by atomic mass is 9.96. The summed E-state index contributed by atoms with van der Waals surface area (Å²) in [6, 6.07) is 9.37. The van der Waals surface area contributed by atoms with Crippen LogP contribution < -0.4 is 19.9 Å². The summed E-state index contributed by atoms with van der Waals surface area (Å²) < 4.78 is 58.7. The van der Waals surface area contributed by atoms with E-state index in [9.17, 15) is 22.0 Å². The Bertz CT molecular complexity index is 1010. The summed E-state index contributed by atoms with van der Waals surface area (Å²) in [4.78, 5) is 12.0. The van der Waals surface area contributed by atoms with Crippen molar-refractivity contribution in [3.63, 3.8) is 0 Å². The number of carbonyl (C=O) groups excluding carboxylic acids is 1. The standard InChI is InChI=1S/C20H22F2N2O5S/c21-19(22)29-18-10-9-15(28-20(25)24-14-6-2-1-3-7-14)12-17(18)13-5-4-8-16(11-13)30(23,26)27/h4-5,8-12,14,19H,1-3,6-7H2,(H,24,25)(H2,23,26,27). The van der Waals surface area contributed by atoms with Crippen LogP contribution in [-0.4, -0.2) is 27.2 Å². The molecule has 0 saturated heterocycles. The Kier molecular flexibility index (Phi) is 6.88. The molecule has 30 heavy (non-hydrogen) atoms. The van der Waals surface area contributed by atoms with Gasteiger partial charge in [0.1, 0.15) is 11.5 Å². The highest BCUT2D eigenvalue weighted by molar-refractivity contribution is 7.89. The Balaban J connectivity index is 1.88. The highest BCUT2D eigenvalue weighted by atomic mass is 32.2. The third-order valence-electron chi connectivity index (χ3n) is 4.78. The fourth-order valence-corrected chi connectivity index (χ4v) is 3.95. The Morgan fingerprint density at radius 1 is 1.10 bits per heavy atom. The molecule has 7 nitrogen and oxygen atoms in total. The zero-order valence-corrected chi connectivity index (χ0v) is 16.8. The molecule has 0 radical (unpaired) electrons. The minimum atomic E-state index is -4.00. The smallest absolute Gasteiger partial charge is 0.412 e. The van der Waals surface area contributed by atoms with Gasteiger partial charge in [0.25, 0.3) is 0 Å². The summed E-state index contributed by atoms with van der Waals surface area (Å²) >= 11 is 0. The van der Waals surface area contributed by atoms with Gasteiger partial charge in [0, 0.05) is 11.6 Å². The molecule has 0 atom stereocenters. The number of hydrogen-bond acceptors (Lipinski definition) is 5. The van der Waals surface area contributed by atoms with Gasteiger partial charge in [-0.15, -0.1) is 0 Å². The number of benzene rings is 2. The molecule has 1 saturated carbocycles. The van der Waals surface area contributed by atoms with Crippen molar-refractivity contribution in [3.05, 3.63) is 42.5 Å². The molecule has 2 aromatic carbocycles. The highest BCUT2D eigenvalue weighted by Gasteiger charge is 2.19. The molecule has 0 bridgehead atoms. The molecule has 1 fully saturated rings. The van der Waals surface area contributed by atoms with Crippen molar-refractivity contribution in [2.24, 2.45) is 5.14 Å². The predicted molar refractivity (Wildman–Crippen MR) is 106 cm³/mol. The first-order valence-corrected chi connectivity index (χ1v) is 11.0. The number of hydrogen-bond donors (Lipinski definition) is 2. The lowest BCUT2D eigenvalue weighted by Crippen LogP contribution is -2.38. The lowest BCUT2D eigenvalue weighted by Gasteiger charge is -2.22. The van der Waals surface area contributed by atoms with Crippen molar-refractivity contribution in [1.29, 1.82) is 0 Å². The van der Waals surface area contributed by atoms with Gasteiger partial charge in [-0.25, -0.2) is 18.4 Å². The van der Waals surface area contributed by atoms with Crippen molar-refractivity contribution in [1.82, 2.24) is 5.32 Å². The van der Waals surface area contributed by atoms with E-state index in [-0.39, 0.29) is 33.6 Å². The fourth-order valence-electron chi connectivity index (χ4n) is 3.39. The molecule has 3 rings (SSSR count). The summed E-state index contributed by atoms with van der Waals surface area (Å²) in [6.45, 7) is -3.09. The molecule has 162 valence electrons. The second-order valence-electron chi connectivity index (χ2n) is 6.98. The van der Waals surface area contributed by atoms with Crippen molar-refractivity contribution in [2.75, 3.05) is 0 Å². The van der Waals surface area contributed by atoms with Crippen molar-refractivity contribution in [3.8, 4) is 22.6 Å². The Morgan fingerprint density at radius 3 is 2.50 bits per heavy atom. The van der Waals surface area contributed by atoms with E-state index in [4.69, 9.17) is 9.88 Å². The average Bonchev–Trinajstić information content (AvgIpc) is 2.69. The number of sulfonamides is 1. The molecular weight excluding hydrogens is 418 g/mol. The van der Waals surface area contributed by atoms with E-state index in [1.807, 2.05) is 0 Å². The van der Waals surface area contributed by atoms with E-state index in [1.165, 1.54) is 42.5 Å². The molecule has 10 heteroatoms. The van der Waals surface area contributed by atoms with E-state index in [2.05, 4.69) is 10.1 Å². The second-order valence-corrected chi connectivity index (χ2v) is 8.54. The number of amides is 1. The summed E-state index contributed by atoms with van der Waals surface area (Å²) in [5.74, 6) is -0.0995. The fraction of sp³-hybridized carbons (Fsp3) is 0.350. The van der Waals surface area contributed by atoms with Crippen LogP contribution in [0.3, 0.4) is 0 Å². The maximum atomic E-state index is 12.8. The van der Waals surface area contributed by atoms with Crippen LogP contribution in [-0.2, 0) is 10.0 Å². The van der Waals surface area contributed by atoms with Crippen LogP contribution in [0.1, 0.15) is 32.1 Å². The van der Waals surface area contributed by atoms with Crippen molar-refractivity contribution < 1.29 is 31.5 Å². The van der Waals surface area contributed by atoms with Gasteiger partial charge in [0.2, 0.25) is 10.0 Å². The number of ether oxygens (including phenoxy) is 2.